The molecule has 2 aromatic rings. The number of hydrogen-bond donors (Lipinski definition) is 0. The molecule has 2 aromatic carbocycles. The summed E-state index contributed by atoms with van der Waals surface area (Å²) in [7, 11) is 0. The highest BCUT2D eigenvalue weighted by Gasteiger charge is 2.71. The molecule has 31 heavy (non-hydrogen) atoms. The van der Waals surface area contributed by atoms with E-state index in [9.17, 15) is 4.79 Å². The van der Waals surface area contributed by atoms with Gasteiger partial charge in [-0.05, 0) is 99.6 Å². The number of fused-ring (bicyclic) bond motifs is 2. The molecule has 3 heteroatoms. The number of aryl methyl sites for hydroxylation is 1. The van der Waals surface area contributed by atoms with Crippen LogP contribution in [0.2, 0.25) is 0 Å². The Hall–Kier alpha value is -2.13. The summed E-state index contributed by atoms with van der Waals surface area (Å²) in [4.78, 5) is 18.3. The first-order chi connectivity index (χ1) is 15.1. The molecule has 2 heterocycles. The van der Waals surface area contributed by atoms with Crippen LogP contribution in [0.3, 0.4) is 0 Å². The third-order valence-electron chi connectivity index (χ3n) is 9.86. The summed E-state index contributed by atoms with van der Waals surface area (Å²) < 4.78 is 0. The van der Waals surface area contributed by atoms with Crippen LogP contribution in [0.4, 0.5) is 5.69 Å². The van der Waals surface area contributed by atoms with Crippen molar-refractivity contribution < 1.29 is 4.79 Å². The number of carbonyl (C=O) groups excluding carboxylic acids is 1. The summed E-state index contributed by atoms with van der Waals surface area (Å²) >= 11 is 0. The fourth-order valence-electron chi connectivity index (χ4n) is 8.06. The van der Waals surface area contributed by atoms with Gasteiger partial charge in [0, 0.05) is 29.3 Å². The number of rotatable bonds is 2. The van der Waals surface area contributed by atoms with Gasteiger partial charge in [0.1, 0.15) is 0 Å². The Morgan fingerprint density at radius 1 is 1.00 bits per heavy atom. The maximum absolute atomic E-state index is 13.4. The van der Waals surface area contributed by atoms with Crippen LogP contribution in [0.5, 0.6) is 0 Å². The predicted octanol–water partition coefficient (Wildman–Crippen LogP) is 5.18. The average molecular weight is 413 g/mol. The van der Waals surface area contributed by atoms with Crippen LogP contribution in [0.15, 0.2) is 48.5 Å². The summed E-state index contributed by atoms with van der Waals surface area (Å²) in [5, 5.41) is 0. The van der Waals surface area contributed by atoms with Crippen molar-refractivity contribution in [3.8, 4) is 0 Å². The van der Waals surface area contributed by atoms with Gasteiger partial charge in [-0.3, -0.25) is 4.79 Å². The standard InChI is InChI=1S/C28H32N2O/c1-19-7-10-24-23(15-19)27(18-30(24)26(31)20-5-3-2-4-6-20)11-13-29(14-12-27)25-17-28-16-21(28)8-9-22(25)28/h2-7,10,15,21-22,25H,8-9,11-14,16-18H2,1H3. The molecule has 2 spiro atoms. The van der Waals surface area contributed by atoms with Gasteiger partial charge < -0.3 is 9.80 Å². The van der Waals surface area contributed by atoms with Crippen LogP contribution in [-0.2, 0) is 5.41 Å². The predicted molar refractivity (Wildman–Crippen MR) is 123 cm³/mol. The third-order valence-corrected chi connectivity index (χ3v) is 9.86. The van der Waals surface area contributed by atoms with Crippen molar-refractivity contribution in [3.63, 3.8) is 0 Å². The second-order valence-corrected chi connectivity index (χ2v) is 11.2. The van der Waals surface area contributed by atoms with Crippen LogP contribution < -0.4 is 4.90 Å². The van der Waals surface area contributed by atoms with E-state index in [0.29, 0.717) is 0 Å². The highest BCUT2D eigenvalue weighted by Crippen LogP contribution is 2.76. The molecule has 0 bridgehead atoms. The van der Waals surface area contributed by atoms with Crippen molar-refractivity contribution in [3.05, 3.63) is 65.2 Å². The molecule has 1 amide bonds. The number of anilines is 1. The zero-order valence-electron chi connectivity index (χ0n) is 18.5. The number of hydrogen-bond acceptors (Lipinski definition) is 2. The molecule has 4 unspecified atom stereocenters. The number of carbonyl (C=O) groups is 1. The average Bonchev–Trinajstić information content (AvgIpc) is 3.37. The number of benzene rings is 2. The molecular formula is C28H32N2O. The molecule has 3 aliphatic carbocycles. The van der Waals surface area contributed by atoms with Crippen LogP contribution in [-0.4, -0.2) is 36.5 Å². The summed E-state index contributed by atoms with van der Waals surface area (Å²) in [5.41, 5.74) is 5.60. The maximum Gasteiger partial charge on any atom is 0.258 e. The molecule has 7 rings (SSSR count). The Labute approximate surface area is 185 Å². The molecule has 3 nitrogen and oxygen atoms in total. The number of piperidine rings is 1. The van der Waals surface area contributed by atoms with Crippen molar-refractivity contribution in [2.75, 3.05) is 24.5 Å². The van der Waals surface area contributed by atoms with Gasteiger partial charge in [0.25, 0.3) is 5.91 Å². The molecule has 0 aromatic heterocycles. The van der Waals surface area contributed by atoms with E-state index in [0.717, 1.165) is 41.1 Å². The highest BCUT2D eigenvalue weighted by atomic mass is 16.2. The summed E-state index contributed by atoms with van der Waals surface area (Å²) in [5.74, 6) is 2.24. The normalized spacial score (nSPS) is 34.7. The van der Waals surface area contributed by atoms with Gasteiger partial charge >= 0.3 is 0 Å². The zero-order valence-corrected chi connectivity index (χ0v) is 18.5. The number of likely N-dealkylation sites (tertiary alicyclic amines) is 1. The molecule has 0 N–H and O–H groups in total. The first-order valence-electron chi connectivity index (χ1n) is 12.3. The number of amides is 1. The van der Waals surface area contributed by atoms with E-state index in [1.54, 1.807) is 0 Å². The lowest BCUT2D eigenvalue weighted by atomic mass is 9.65. The first kappa shape index (κ1) is 18.4. The van der Waals surface area contributed by atoms with Gasteiger partial charge in [-0.1, -0.05) is 35.9 Å². The van der Waals surface area contributed by atoms with Gasteiger partial charge in [0.05, 0.1) is 0 Å². The van der Waals surface area contributed by atoms with Crippen molar-refractivity contribution in [2.45, 2.75) is 56.9 Å². The minimum Gasteiger partial charge on any atom is -0.307 e. The van der Waals surface area contributed by atoms with Crippen molar-refractivity contribution in [2.24, 2.45) is 17.3 Å². The van der Waals surface area contributed by atoms with Crippen LogP contribution in [0, 0.1) is 24.2 Å². The molecule has 4 fully saturated rings. The van der Waals surface area contributed by atoms with E-state index in [1.165, 1.54) is 62.7 Å². The van der Waals surface area contributed by atoms with Gasteiger partial charge in [-0.2, -0.15) is 0 Å². The van der Waals surface area contributed by atoms with E-state index in [-0.39, 0.29) is 11.3 Å². The van der Waals surface area contributed by atoms with E-state index in [1.807, 2.05) is 30.3 Å². The molecule has 2 aliphatic heterocycles. The zero-order chi connectivity index (χ0) is 20.8. The lowest BCUT2D eigenvalue weighted by molar-refractivity contribution is -0.0240. The fraction of sp³-hybridized carbons (Fsp3) is 0.536. The Morgan fingerprint density at radius 3 is 2.55 bits per heavy atom. The van der Waals surface area contributed by atoms with Crippen LogP contribution in [0.1, 0.15) is 60.0 Å². The molecule has 5 aliphatic rings. The molecule has 0 radical (unpaired) electrons. The Kier molecular flexibility index (Phi) is 3.70. The summed E-state index contributed by atoms with van der Waals surface area (Å²) in [6, 6.07) is 17.4. The topological polar surface area (TPSA) is 23.6 Å². The van der Waals surface area contributed by atoms with Crippen LogP contribution >= 0.6 is 0 Å². The second kappa shape index (κ2) is 6.22. The fourth-order valence-corrected chi connectivity index (χ4v) is 8.06. The minimum absolute atomic E-state index is 0.127. The number of nitrogens with zero attached hydrogens (tertiary/aromatic N) is 2. The lowest BCUT2D eigenvalue weighted by Gasteiger charge is -2.53. The maximum atomic E-state index is 13.4. The lowest BCUT2D eigenvalue weighted by Crippen LogP contribution is -2.57. The Bertz CT molecular complexity index is 1050. The summed E-state index contributed by atoms with van der Waals surface area (Å²) in [6.45, 7) is 5.42. The SMILES string of the molecule is Cc1ccc2c(c1)C1(CCN(C3CC45CC4CCC35)CC1)CN2C(=O)c1ccccc1. The largest absolute Gasteiger partial charge is 0.307 e. The monoisotopic (exact) mass is 412 g/mol. The van der Waals surface area contributed by atoms with Crippen molar-refractivity contribution in [1.82, 2.24) is 4.90 Å². The van der Waals surface area contributed by atoms with E-state index >= 15 is 0 Å². The van der Waals surface area contributed by atoms with Crippen molar-refractivity contribution >= 4 is 11.6 Å². The molecular weight excluding hydrogens is 380 g/mol. The van der Waals surface area contributed by atoms with E-state index < -0.39 is 0 Å². The third kappa shape index (κ3) is 2.47. The van der Waals surface area contributed by atoms with Gasteiger partial charge in [0.2, 0.25) is 0 Å². The van der Waals surface area contributed by atoms with Gasteiger partial charge in [-0.25, -0.2) is 0 Å². The van der Waals surface area contributed by atoms with Gasteiger partial charge in [-0.15, -0.1) is 0 Å². The quantitative estimate of drug-likeness (QED) is 0.679. The van der Waals surface area contributed by atoms with Crippen LogP contribution in [0.25, 0.3) is 0 Å². The molecule has 3 saturated carbocycles. The highest BCUT2D eigenvalue weighted by molar-refractivity contribution is 6.07. The molecule has 1 saturated heterocycles. The summed E-state index contributed by atoms with van der Waals surface area (Å²) in [6.07, 6.45) is 8.36. The molecule has 160 valence electrons. The van der Waals surface area contributed by atoms with Crippen molar-refractivity contribution in [1.29, 1.82) is 0 Å². The Morgan fingerprint density at radius 2 is 1.81 bits per heavy atom. The van der Waals surface area contributed by atoms with Gasteiger partial charge in [0.15, 0.2) is 0 Å². The van der Waals surface area contributed by atoms with E-state index in [4.69, 9.17) is 0 Å². The minimum atomic E-state index is 0.127. The smallest absolute Gasteiger partial charge is 0.258 e. The first-order valence-corrected chi connectivity index (χ1v) is 12.3. The van der Waals surface area contributed by atoms with E-state index in [2.05, 4.69) is 34.9 Å². The molecule has 4 atom stereocenters. The second-order valence-electron chi connectivity index (χ2n) is 11.2. The Balaban J connectivity index is 1.15.